The summed E-state index contributed by atoms with van der Waals surface area (Å²) in [5.74, 6) is 1.81. The van der Waals surface area contributed by atoms with Crippen molar-refractivity contribution in [3.05, 3.63) is 42.2 Å². The molecule has 2 heterocycles. The number of aromatic nitrogens is 3. The lowest BCUT2D eigenvalue weighted by atomic mass is 10.3. The summed E-state index contributed by atoms with van der Waals surface area (Å²) in [4.78, 5) is 12.5. The van der Waals surface area contributed by atoms with Gasteiger partial charge in [0.15, 0.2) is 11.5 Å². The second kappa shape index (κ2) is 5.16. The number of oxazole rings is 1. The largest absolute Gasteiger partial charge is 0.487 e. The summed E-state index contributed by atoms with van der Waals surface area (Å²) in [7, 11) is 1.55. The fraction of sp³-hybridized carbons (Fsp3) is 0.214. The second-order valence-electron chi connectivity index (χ2n) is 4.20. The molecule has 0 spiro atoms. The lowest BCUT2D eigenvalue weighted by Crippen LogP contribution is -2.00. The lowest BCUT2D eigenvalue weighted by Gasteiger charge is -2.06. The van der Waals surface area contributed by atoms with Gasteiger partial charge in [-0.2, -0.15) is 0 Å². The van der Waals surface area contributed by atoms with E-state index in [9.17, 15) is 0 Å². The van der Waals surface area contributed by atoms with E-state index in [0.29, 0.717) is 29.8 Å². The molecule has 0 unspecified atom stereocenters. The molecule has 0 aliphatic heterocycles. The third-order valence-corrected chi connectivity index (χ3v) is 2.72. The minimum absolute atomic E-state index is 0.312. The van der Waals surface area contributed by atoms with Gasteiger partial charge < -0.3 is 13.9 Å². The van der Waals surface area contributed by atoms with Crippen molar-refractivity contribution in [1.82, 2.24) is 15.0 Å². The zero-order chi connectivity index (χ0) is 13.9. The van der Waals surface area contributed by atoms with Crippen molar-refractivity contribution in [2.75, 3.05) is 7.11 Å². The van der Waals surface area contributed by atoms with Gasteiger partial charge in [-0.15, -0.1) is 0 Å². The number of methoxy groups -OCH3 is 1. The molecule has 20 heavy (non-hydrogen) atoms. The highest BCUT2D eigenvalue weighted by atomic mass is 16.5. The molecule has 3 rings (SSSR count). The first-order valence-electron chi connectivity index (χ1n) is 6.09. The van der Waals surface area contributed by atoms with Crippen LogP contribution in [0.25, 0.3) is 11.1 Å². The number of fused-ring (bicyclic) bond motifs is 1. The number of benzene rings is 1. The molecule has 0 amide bonds. The van der Waals surface area contributed by atoms with Crippen molar-refractivity contribution >= 4 is 11.1 Å². The normalized spacial score (nSPS) is 10.7. The van der Waals surface area contributed by atoms with Crippen molar-refractivity contribution in [3.8, 4) is 11.6 Å². The molecule has 1 aromatic carbocycles. The van der Waals surface area contributed by atoms with Gasteiger partial charge in [0.25, 0.3) is 0 Å². The number of nitrogens with zero attached hydrogens (tertiary/aromatic N) is 3. The van der Waals surface area contributed by atoms with Crippen molar-refractivity contribution in [1.29, 1.82) is 0 Å². The Labute approximate surface area is 115 Å². The van der Waals surface area contributed by atoms with Crippen molar-refractivity contribution in [2.45, 2.75) is 13.5 Å². The Hall–Kier alpha value is -2.63. The lowest BCUT2D eigenvalue weighted by molar-refractivity contribution is 0.297. The van der Waals surface area contributed by atoms with E-state index in [4.69, 9.17) is 13.9 Å². The zero-order valence-corrected chi connectivity index (χ0v) is 11.2. The Morgan fingerprint density at radius 3 is 2.95 bits per heavy atom. The molecule has 0 fully saturated rings. The molecule has 6 heteroatoms. The van der Waals surface area contributed by atoms with Gasteiger partial charge in [0.05, 0.1) is 19.5 Å². The van der Waals surface area contributed by atoms with E-state index in [2.05, 4.69) is 15.0 Å². The van der Waals surface area contributed by atoms with Crippen LogP contribution in [0.4, 0.5) is 0 Å². The van der Waals surface area contributed by atoms with Gasteiger partial charge in [-0.25, -0.2) is 9.97 Å². The molecule has 2 aromatic heterocycles. The Morgan fingerprint density at radius 2 is 2.10 bits per heavy atom. The summed E-state index contributed by atoms with van der Waals surface area (Å²) < 4.78 is 16.1. The first-order valence-corrected chi connectivity index (χ1v) is 6.09. The predicted octanol–water partition coefficient (Wildman–Crippen LogP) is 2.51. The molecule has 0 saturated heterocycles. The van der Waals surface area contributed by atoms with Crippen LogP contribution in [0.2, 0.25) is 0 Å². The van der Waals surface area contributed by atoms with Crippen LogP contribution in [0.15, 0.2) is 35.0 Å². The van der Waals surface area contributed by atoms with Crippen molar-refractivity contribution < 1.29 is 13.9 Å². The molecular weight excluding hydrogens is 258 g/mol. The highest BCUT2D eigenvalue weighted by molar-refractivity contribution is 5.74. The van der Waals surface area contributed by atoms with Crippen LogP contribution < -0.4 is 9.47 Å². The van der Waals surface area contributed by atoms with Crippen molar-refractivity contribution in [2.24, 2.45) is 0 Å². The van der Waals surface area contributed by atoms with Gasteiger partial charge >= 0.3 is 0 Å². The molecule has 0 aliphatic carbocycles. The molecule has 3 aromatic rings. The maximum Gasteiger partial charge on any atom is 0.232 e. The molecule has 0 atom stereocenters. The van der Waals surface area contributed by atoms with Crippen LogP contribution >= 0.6 is 0 Å². The zero-order valence-electron chi connectivity index (χ0n) is 11.2. The molecule has 0 N–H and O–H groups in total. The number of hydrogen-bond acceptors (Lipinski definition) is 6. The van der Waals surface area contributed by atoms with Crippen LogP contribution in [0.5, 0.6) is 11.6 Å². The third-order valence-electron chi connectivity index (χ3n) is 2.72. The molecule has 102 valence electrons. The highest BCUT2D eigenvalue weighted by Gasteiger charge is 2.05. The molecular formula is C14H13N3O3. The molecule has 0 bridgehead atoms. The van der Waals surface area contributed by atoms with Crippen LogP contribution in [0.1, 0.15) is 11.6 Å². The maximum atomic E-state index is 5.67. The summed E-state index contributed by atoms with van der Waals surface area (Å²) in [5, 5.41) is 0. The van der Waals surface area contributed by atoms with E-state index >= 15 is 0 Å². The second-order valence-corrected chi connectivity index (χ2v) is 4.20. The smallest absolute Gasteiger partial charge is 0.232 e. The fourth-order valence-corrected chi connectivity index (χ4v) is 1.82. The predicted molar refractivity (Wildman–Crippen MR) is 71.7 cm³/mol. The molecule has 0 radical (unpaired) electrons. The fourth-order valence-electron chi connectivity index (χ4n) is 1.82. The summed E-state index contributed by atoms with van der Waals surface area (Å²) in [6.07, 6.45) is 3.19. The molecule has 0 aliphatic rings. The van der Waals surface area contributed by atoms with Gasteiger partial charge in [0.1, 0.15) is 23.6 Å². The highest BCUT2D eigenvalue weighted by Crippen LogP contribution is 2.21. The summed E-state index contributed by atoms with van der Waals surface area (Å²) >= 11 is 0. The first kappa shape index (κ1) is 12.4. The van der Waals surface area contributed by atoms with E-state index in [1.807, 2.05) is 25.1 Å². The number of rotatable bonds is 4. The van der Waals surface area contributed by atoms with Gasteiger partial charge in [-0.3, -0.25) is 4.98 Å². The number of hydrogen-bond donors (Lipinski definition) is 0. The van der Waals surface area contributed by atoms with Crippen LogP contribution in [0.3, 0.4) is 0 Å². The van der Waals surface area contributed by atoms with Crippen LogP contribution in [-0.2, 0) is 6.61 Å². The molecule has 6 nitrogen and oxygen atoms in total. The van der Waals surface area contributed by atoms with Gasteiger partial charge in [0.2, 0.25) is 5.88 Å². The van der Waals surface area contributed by atoms with Crippen LogP contribution in [0, 0.1) is 6.92 Å². The van der Waals surface area contributed by atoms with Crippen LogP contribution in [-0.4, -0.2) is 22.1 Å². The summed E-state index contributed by atoms with van der Waals surface area (Å²) in [6.45, 7) is 2.12. The quantitative estimate of drug-likeness (QED) is 0.726. The summed E-state index contributed by atoms with van der Waals surface area (Å²) in [5.41, 5.74) is 2.22. The monoisotopic (exact) mass is 271 g/mol. The number of ether oxygens (including phenoxy) is 2. The number of aryl methyl sites for hydroxylation is 1. The first-order chi connectivity index (χ1) is 9.74. The Bertz CT molecular complexity index is 739. The summed E-state index contributed by atoms with van der Waals surface area (Å²) in [6, 6.07) is 5.50. The van der Waals surface area contributed by atoms with E-state index in [1.165, 1.54) is 0 Å². The average molecular weight is 271 g/mol. The van der Waals surface area contributed by atoms with E-state index < -0.39 is 0 Å². The average Bonchev–Trinajstić information content (AvgIpc) is 2.84. The minimum atomic E-state index is 0.312. The SMILES string of the molecule is COc1cncc(COc2ccc3oc(C)nc3c2)n1. The Balaban J connectivity index is 1.75. The van der Waals surface area contributed by atoms with E-state index in [0.717, 1.165) is 11.1 Å². The molecule has 0 saturated carbocycles. The van der Waals surface area contributed by atoms with E-state index in [1.54, 1.807) is 19.5 Å². The third kappa shape index (κ3) is 2.54. The van der Waals surface area contributed by atoms with Gasteiger partial charge in [0, 0.05) is 13.0 Å². The van der Waals surface area contributed by atoms with Gasteiger partial charge in [-0.1, -0.05) is 0 Å². The van der Waals surface area contributed by atoms with Gasteiger partial charge in [-0.05, 0) is 12.1 Å². The Morgan fingerprint density at radius 1 is 1.20 bits per heavy atom. The van der Waals surface area contributed by atoms with Crippen molar-refractivity contribution in [3.63, 3.8) is 0 Å². The Kier molecular flexibility index (Phi) is 3.20. The van der Waals surface area contributed by atoms with E-state index in [-0.39, 0.29) is 0 Å². The minimum Gasteiger partial charge on any atom is -0.487 e. The topological polar surface area (TPSA) is 70.3 Å². The standard InChI is InChI=1S/C14H13N3O3/c1-9-16-12-5-11(3-4-13(12)20-9)19-8-10-6-15-7-14(17-10)18-2/h3-7H,8H2,1-2H3. The maximum absolute atomic E-state index is 5.67.